The molecular weight excluding hydrogens is 259 g/mol. The number of rotatable bonds is 2. The summed E-state index contributed by atoms with van der Waals surface area (Å²) in [5, 5.41) is 19.3. The van der Waals surface area contributed by atoms with Gasteiger partial charge >= 0.3 is 7.32 Å². The van der Waals surface area contributed by atoms with Gasteiger partial charge in [0.15, 0.2) is 0 Å². The quantitative estimate of drug-likeness (QED) is 0.817. The van der Waals surface area contributed by atoms with Gasteiger partial charge in [-0.1, -0.05) is 28.1 Å². The topological polar surface area (TPSA) is 49.7 Å². The Hall–Kier alpha value is -1.04. The van der Waals surface area contributed by atoms with E-state index < -0.39 is 7.32 Å². The molecule has 2 rings (SSSR count). The molecule has 5 heteroatoms. The van der Waals surface area contributed by atoms with Crippen molar-refractivity contribution >= 4 is 34.0 Å². The zero-order valence-corrected chi connectivity index (χ0v) is 9.31. The molecule has 0 unspecified atom stereocenters. The largest absolute Gasteiger partial charge is 0.707 e. The normalized spacial score (nSPS) is 10.3. The average Bonchev–Trinajstić information content (AvgIpc) is 2.16. The summed E-state index contributed by atoms with van der Waals surface area (Å²) in [6.45, 7) is 0. The third-order valence-electron chi connectivity index (χ3n) is 2.03. The molecule has 0 aliphatic rings. The van der Waals surface area contributed by atoms with Gasteiger partial charge in [0, 0.05) is 9.86 Å². The highest BCUT2D eigenvalue weighted by Crippen LogP contribution is 2.27. The van der Waals surface area contributed by atoms with Crippen LogP contribution in [0.5, 0.6) is 5.75 Å². The minimum absolute atomic E-state index is 0.454. The van der Waals surface area contributed by atoms with Crippen molar-refractivity contribution in [2.45, 2.75) is 0 Å². The monoisotopic (exact) mass is 266 g/mol. The molecule has 0 amide bonds. The second-order valence-corrected chi connectivity index (χ2v) is 3.98. The van der Waals surface area contributed by atoms with E-state index >= 15 is 0 Å². The second-order valence-electron chi connectivity index (χ2n) is 3.07. The Morgan fingerprint density at radius 1 is 1.13 bits per heavy atom. The van der Waals surface area contributed by atoms with E-state index in [9.17, 15) is 0 Å². The molecule has 0 atom stereocenters. The van der Waals surface area contributed by atoms with Crippen molar-refractivity contribution in [3.8, 4) is 5.75 Å². The van der Waals surface area contributed by atoms with Crippen LogP contribution in [-0.2, 0) is 0 Å². The van der Waals surface area contributed by atoms with E-state index in [1.165, 1.54) is 0 Å². The molecule has 3 nitrogen and oxygen atoms in total. The molecule has 76 valence electrons. The summed E-state index contributed by atoms with van der Waals surface area (Å²) in [5.74, 6) is 0.454. The van der Waals surface area contributed by atoms with Crippen molar-refractivity contribution in [3.05, 3.63) is 40.9 Å². The summed E-state index contributed by atoms with van der Waals surface area (Å²) in [4.78, 5) is 0. The summed E-state index contributed by atoms with van der Waals surface area (Å²) in [5.41, 5.74) is 0. The Morgan fingerprint density at radius 2 is 1.93 bits per heavy atom. The summed E-state index contributed by atoms with van der Waals surface area (Å²) < 4.78 is 5.83. The van der Waals surface area contributed by atoms with Gasteiger partial charge in [-0.15, -0.1) is 0 Å². The smallest absolute Gasteiger partial charge is 0.512 e. The van der Waals surface area contributed by atoms with Crippen LogP contribution in [0.4, 0.5) is 0 Å². The highest BCUT2D eigenvalue weighted by Gasteiger charge is 2.12. The van der Waals surface area contributed by atoms with Crippen molar-refractivity contribution in [1.82, 2.24) is 0 Å². The zero-order valence-electron chi connectivity index (χ0n) is 7.72. The van der Waals surface area contributed by atoms with Crippen LogP contribution in [0.3, 0.4) is 0 Å². The second kappa shape index (κ2) is 4.22. The van der Waals surface area contributed by atoms with E-state index in [-0.39, 0.29) is 0 Å². The van der Waals surface area contributed by atoms with E-state index in [2.05, 4.69) is 15.9 Å². The maximum atomic E-state index is 8.74. The number of halogens is 1. The summed E-state index contributed by atoms with van der Waals surface area (Å²) in [6.07, 6.45) is 0. The van der Waals surface area contributed by atoms with Crippen molar-refractivity contribution in [2.75, 3.05) is 0 Å². The molecule has 15 heavy (non-hydrogen) atoms. The Kier molecular flexibility index (Phi) is 2.95. The third kappa shape index (κ3) is 2.31. The molecule has 0 heterocycles. The molecule has 2 N–H and O–H groups in total. The Labute approximate surface area is 95.6 Å². The van der Waals surface area contributed by atoms with Crippen LogP contribution in [0.2, 0.25) is 0 Å². The molecule has 2 aromatic carbocycles. The van der Waals surface area contributed by atoms with E-state index in [0.29, 0.717) is 5.75 Å². The van der Waals surface area contributed by atoms with Gasteiger partial charge in [-0.25, -0.2) is 0 Å². The van der Waals surface area contributed by atoms with E-state index in [1.807, 2.05) is 24.3 Å². The lowest BCUT2D eigenvalue weighted by Crippen LogP contribution is -2.20. The van der Waals surface area contributed by atoms with Gasteiger partial charge in [-0.3, -0.25) is 0 Å². The minimum Gasteiger partial charge on any atom is -0.512 e. The molecule has 0 saturated heterocycles. The fourth-order valence-electron chi connectivity index (χ4n) is 1.44. The van der Waals surface area contributed by atoms with Gasteiger partial charge in [0.2, 0.25) is 0 Å². The summed E-state index contributed by atoms with van der Waals surface area (Å²) in [6, 6.07) is 11.1. The summed E-state index contributed by atoms with van der Waals surface area (Å²) >= 11 is 3.37. The lowest BCUT2D eigenvalue weighted by Gasteiger charge is -2.08. The van der Waals surface area contributed by atoms with Crippen LogP contribution in [-0.4, -0.2) is 17.4 Å². The van der Waals surface area contributed by atoms with Crippen molar-refractivity contribution in [1.29, 1.82) is 0 Å². The molecule has 0 radical (unpaired) electrons. The number of fused-ring (bicyclic) bond motifs is 1. The number of benzene rings is 2. The van der Waals surface area contributed by atoms with Crippen LogP contribution in [0.15, 0.2) is 40.9 Å². The van der Waals surface area contributed by atoms with E-state index in [1.54, 1.807) is 12.1 Å². The predicted molar refractivity (Wildman–Crippen MR) is 62.5 cm³/mol. The lowest BCUT2D eigenvalue weighted by molar-refractivity contribution is 0.289. The molecule has 2 aromatic rings. The first-order valence-corrected chi connectivity index (χ1v) is 5.17. The van der Waals surface area contributed by atoms with Gasteiger partial charge in [0.25, 0.3) is 0 Å². The van der Waals surface area contributed by atoms with Crippen molar-refractivity contribution in [3.63, 3.8) is 0 Å². The maximum absolute atomic E-state index is 8.74. The Morgan fingerprint density at radius 3 is 2.67 bits per heavy atom. The molecule has 0 bridgehead atoms. The van der Waals surface area contributed by atoms with Gasteiger partial charge in [-0.2, -0.15) is 0 Å². The van der Waals surface area contributed by atoms with Crippen LogP contribution < -0.4 is 4.65 Å². The Bertz CT molecular complexity index is 487. The van der Waals surface area contributed by atoms with Crippen LogP contribution in [0, 0.1) is 0 Å². The molecule has 0 aliphatic heterocycles. The molecule has 0 aromatic heterocycles. The van der Waals surface area contributed by atoms with Gasteiger partial charge in [-0.05, 0) is 29.7 Å². The third-order valence-corrected chi connectivity index (χ3v) is 2.53. The minimum atomic E-state index is -1.79. The van der Waals surface area contributed by atoms with Crippen LogP contribution in [0.25, 0.3) is 10.8 Å². The zero-order chi connectivity index (χ0) is 10.8. The average molecular weight is 267 g/mol. The van der Waals surface area contributed by atoms with Crippen molar-refractivity contribution in [2.24, 2.45) is 0 Å². The fraction of sp³-hybridized carbons (Fsp3) is 0. The van der Waals surface area contributed by atoms with E-state index in [4.69, 9.17) is 14.7 Å². The van der Waals surface area contributed by atoms with Crippen LogP contribution in [0.1, 0.15) is 0 Å². The summed E-state index contributed by atoms with van der Waals surface area (Å²) in [7, 11) is -1.79. The molecule has 0 saturated carbocycles. The van der Waals surface area contributed by atoms with Crippen molar-refractivity contribution < 1.29 is 14.7 Å². The van der Waals surface area contributed by atoms with Gasteiger partial charge < -0.3 is 14.7 Å². The highest BCUT2D eigenvalue weighted by molar-refractivity contribution is 9.10. The maximum Gasteiger partial charge on any atom is 0.707 e. The fourth-order valence-corrected chi connectivity index (χ4v) is 1.82. The highest BCUT2D eigenvalue weighted by atomic mass is 79.9. The number of hydrogen-bond donors (Lipinski definition) is 2. The SMILES string of the molecule is OB(O)Oc1cccc2cc(Br)ccc12. The number of hydrogen-bond acceptors (Lipinski definition) is 3. The lowest BCUT2D eigenvalue weighted by atomic mass is 10.1. The molecule has 0 fully saturated rings. The first-order valence-electron chi connectivity index (χ1n) is 4.38. The predicted octanol–water partition coefficient (Wildman–Crippen LogP) is 1.95. The molecule has 0 aliphatic carbocycles. The van der Waals surface area contributed by atoms with Gasteiger partial charge in [0.1, 0.15) is 5.75 Å². The molecule has 0 spiro atoms. The molecular formula is C10H8BBrO3. The first-order chi connectivity index (χ1) is 7.16. The first kappa shape index (κ1) is 10.5. The standard InChI is InChI=1S/C10H8BBrO3/c12-8-4-5-9-7(6-8)2-1-3-10(9)15-11(13)14/h1-6,13-14H. The van der Waals surface area contributed by atoms with E-state index in [0.717, 1.165) is 15.2 Å². The Balaban J connectivity index is 2.56. The van der Waals surface area contributed by atoms with Crippen LogP contribution >= 0.6 is 15.9 Å². The van der Waals surface area contributed by atoms with Gasteiger partial charge in [0.05, 0.1) is 0 Å².